The van der Waals surface area contributed by atoms with Gasteiger partial charge in [0, 0.05) is 34.9 Å². The predicted octanol–water partition coefficient (Wildman–Crippen LogP) is 11.0. The molecule has 2 atom stereocenters. The molecule has 0 unspecified atom stereocenters. The van der Waals surface area contributed by atoms with Crippen LogP contribution in [0.3, 0.4) is 0 Å². The Labute approximate surface area is 259 Å². The van der Waals surface area contributed by atoms with Gasteiger partial charge in [0.1, 0.15) is 11.9 Å². The maximum absolute atomic E-state index is 11.1. The van der Waals surface area contributed by atoms with Crippen LogP contribution in [0.4, 0.5) is 5.69 Å². The van der Waals surface area contributed by atoms with E-state index in [1.165, 1.54) is 17.3 Å². The van der Waals surface area contributed by atoms with Gasteiger partial charge in [-0.3, -0.25) is 5.41 Å². The maximum atomic E-state index is 11.1. The summed E-state index contributed by atoms with van der Waals surface area (Å²) >= 11 is 7.81. The van der Waals surface area contributed by atoms with E-state index in [0.717, 1.165) is 41.9 Å². The number of nitrogens with zero attached hydrogens (tertiary/aromatic N) is 1. The molecule has 1 aliphatic heterocycles. The first-order valence-corrected chi connectivity index (χ1v) is 15.8. The van der Waals surface area contributed by atoms with Crippen LogP contribution in [0, 0.1) is 10.8 Å². The number of thioether (sulfide) groups is 1. The Balaban J connectivity index is 0.00000126. The number of hydrogen-bond donors (Lipinski definition) is 1. The summed E-state index contributed by atoms with van der Waals surface area (Å²) in [6.07, 6.45) is 9.94. The van der Waals surface area contributed by atoms with Crippen LogP contribution >= 0.6 is 23.4 Å². The SMILES string of the molecule is C=C(/C=C\C)[C@H]1O[C@H](CCC(=N)S/C=C/CCC(C)=O)C(=C)N(CC(C)(C)C)c2ccc(Cl)cc21.C=C(CC)CC. The van der Waals surface area contributed by atoms with Gasteiger partial charge in [-0.2, -0.15) is 0 Å². The molecule has 1 aromatic rings. The van der Waals surface area contributed by atoms with E-state index in [2.05, 4.69) is 59.3 Å². The van der Waals surface area contributed by atoms with Crippen molar-refractivity contribution in [3.05, 3.63) is 89.0 Å². The van der Waals surface area contributed by atoms with Gasteiger partial charge in [0.15, 0.2) is 0 Å². The number of benzene rings is 1. The van der Waals surface area contributed by atoms with Gasteiger partial charge in [0.2, 0.25) is 0 Å². The first-order chi connectivity index (χ1) is 19.2. The summed E-state index contributed by atoms with van der Waals surface area (Å²) in [5.74, 6) is 0.176. The largest absolute Gasteiger partial charge is 0.359 e. The lowest BCUT2D eigenvalue weighted by Gasteiger charge is -2.35. The minimum Gasteiger partial charge on any atom is -0.359 e. The lowest BCUT2D eigenvalue weighted by atomic mass is 9.94. The lowest BCUT2D eigenvalue weighted by molar-refractivity contribution is -0.116. The smallest absolute Gasteiger partial charge is 0.130 e. The predicted molar refractivity (Wildman–Crippen MR) is 182 cm³/mol. The Kier molecular flexibility index (Phi) is 16.3. The fraction of sp³-hybridized carbons (Fsp3) is 0.486. The molecule has 0 amide bonds. The standard InChI is InChI=1S/C29H39ClN2O2S.C6H12/c1-8-11-20(2)28-24-18-23(30)13-14-25(24)32(19-29(5,6)7)22(4)26(34-28)15-16-27(31)35-17-10-9-12-21(3)33;1-4-6(3)5-2/h8,10-11,13-14,17-18,26,28,31H,2,4,9,12,15-16,19H2,1,3,5-7H3;3-5H2,1-2H3/b11-8-,17-10+,31-27?;/t26-,28-;/m1./s1. The van der Waals surface area contributed by atoms with Crippen molar-refractivity contribution in [3.8, 4) is 0 Å². The van der Waals surface area contributed by atoms with Crippen molar-refractivity contribution in [1.82, 2.24) is 0 Å². The third-order valence-corrected chi connectivity index (χ3v) is 7.59. The third kappa shape index (κ3) is 13.5. The molecule has 1 heterocycles. The third-order valence-electron chi connectivity index (χ3n) is 6.53. The average molecular weight is 599 g/mol. The molecule has 0 fully saturated rings. The normalized spacial score (nSPS) is 17.2. The summed E-state index contributed by atoms with van der Waals surface area (Å²) in [4.78, 5) is 13.3. The second-order valence-electron chi connectivity index (χ2n) is 11.6. The van der Waals surface area contributed by atoms with Crippen LogP contribution in [0.25, 0.3) is 0 Å². The van der Waals surface area contributed by atoms with Gasteiger partial charge in [0.25, 0.3) is 0 Å². The van der Waals surface area contributed by atoms with E-state index in [9.17, 15) is 4.79 Å². The van der Waals surface area contributed by atoms with Gasteiger partial charge in [0.05, 0.1) is 11.1 Å². The van der Waals surface area contributed by atoms with Gasteiger partial charge in [-0.25, -0.2) is 0 Å². The minimum absolute atomic E-state index is 0.0256. The molecular weight excluding hydrogens is 548 g/mol. The zero-order chi connectivity index (χ0) is 31.2. The monoisotopic (exact) mass is 598 g/mol. The number of rotatable bonds is 12. The second kappa shape index (κ2) is 18.3. The van der Waals surface area contributed by atoms with Gasteiger partial charge in [-0.05, 0) is 80.5 Å². The number of fused-ring (bicyclic) bond motifs is 1. The van der Waals surface area contributed by atoms with Gasteiger partial charge >= 0.3 is 0 Å². The first kappa shape index (κ1) is 36.7. The van der Waals surface area contributed by atoms with Gasteiger partial charge < -0.3 is 14.4 Å². The zero-order valence-corrected chi connectivity index (χ0v) is 27.9. The number of ether oxygens (including phenoxy) is 1. The van der Waals surface area contributed by atoms with Crippen LogP contribution in [0.2, 0.25) is 5.02 Å². The second-order valence-corrected chi connectivity index (χ2v) is 13.0. The van der Waals surface area contributed by atoms with Crippen molar-refractivity contribution in [3.63, 3.8) is 0 Å². The molecule has 1 aliphatic rings. The molecule has 41 heavy (non-hydrogen) atoms. The van der Waals surface area contributed by atoms with E-state index in [4.69, 9.17) is 21.7 Å². The molecule has 0 spiro atoms. The van der Waals surface area contributed by atoms with Crippen molar-refractivity contribution in [1.29, 1.82) is 5.41 Å². The van der Waals surface area contributed by atoms with Crippen molar-refractivity contribution >= 4 is 39.9 Å². The molecule has 0 aromatic heterocycles. The number of ketones is 1. The quantitative estimate of drug-likeness (QED) is 0.112. The molecule has 6 heteroatoms. The number of carbonyl (C=O) groups excluding carboxylic acids is 1. The van der Waals surface area contributed by atoms with Gasteiger partial charge in [-0.15, -0.1) is 0 Å². The summed E-state index contributed by atoms with van der Waals surface area (Å²) in [5, 5.41) is 11.5. The molecule has 0 radical (unpaired) electrons. The van der Waals surface area contributed by atoms with E-state index in [1.54, 1.807) is 6.92 Å². The topological polar surface area (TPSA) is 53.4 Å². The summed E-state index contributed by atoms with van der Waals surface area (Å²) in [5.41, 5.74) is 5.11. The van der Waals surface area contributed by atoms with E-state index in [1.807, 2.05) is 48.8 Å². The number of anilines is 1. The Hall–Kier alpha value is -2.34. The molecule has 4 nitrogen and oxygen atoms in total. The summed E-state index contributed by atoms with van der Waals surface area (Å²) in [6, 6.07) is 5.91. The number of hydrogen-bond acceptors (Lipinski definition) is 5. The van der Waals surface area contributed by atoms with Crippen LogP contribution in [-0.2, 0) is 9.53 Å². The highest BCUT2D eigenvalue weighted by atomic mass is 35.5. The Morgan fingerprint density at radius 3 is 2.39 bits per heavy atom. The number of allylic oxidation sites excluding steroid dienone is 3. The van der Waals surface area contributed by atoms with Crippen LogP contribution in [-0.4, -0.2) is 23.5 Å². The molecule has 0 saturated heterocycles. The fourth-order valence-corrected chi connectivity index (χ4v) is 4.98. The highest BCUT2D eigenvalue weighted by molar-refractivity contribution is 8.16. The molecule has 0 bridgehead atoms. The van der Waals surface area contributed by atoms with Crippen LogP contribution in [0.5, 0.6) is 0 Å². The summed E-state index contributed by atoms with van der Waals surface area (Å²) < 4.78 is 6.67. The number of halogens is 1. The van der Waals surface area contributed by atoms with Crippen molar-refractivity contribution in [2.75, 3.05) is 11.4 Å². The summed E-state index contributed by atoms with van der Waals surface area (Å²) in [6.45, 7) is 27.7. The van der Waals surface area contributed by atoms with Crippen LogP contribution < -0.4 is 4.90 Å². The molecule has 226 valence electrons. The van der Waals surface area contributed by atoms with E-state index < -0.39 is 0 Å². The number of Topliss-reactive ketones (excluding diaryl/α,β-unsaturated/α-hetero) is 1. The highest BCUT2D eigenvalue weighted by Gasteiger charge is 2.34. The molecule has 0 aliphatic carbocycles. The molecule has 2 rings (SSSR count). The van der Waals surface area contributed by atoms with Crippen molar-refractivity contribution < 1.29 is 9.53 Å². The Bertz CT molecular complexity index is 1120. The Morgan fingerprint density at radius 2 is 1.85 bits per heavy atom. The average Bonchev–Trinajstić information content (AvgIpc) is 3.00. The molecular formula is C35H51ClN2O2S. The highest BCUT2D eigenvalue weighted by Crippen LogP contribution is 2.43. The van der Waals surface area contributed by atoms with Gasteiger partial charge in [-0.1, -0.05) is 102 Å². The van der Waals surface area contributed by atoms with Crippen molar-refractivity contribution in [2.24, 2.45) is 5.41 Å². The lowest BCUT2D eigenvalue weighted by Crippen LogP contribution is -2.36. The number of carbonyl (C=O) groups is 1. The number of nitrogens with one attached hydrogen (secondary N) is 1. The first-order valence-electron chi connectivity index (χ1n) is 14.5. The Morgan fingerprint density at radius 1 is 1.20 bits per heavy atom. The van der Waals surface area contributed by atoms with Crippen LogP contribution in [0.1, 0.15) is 98.7 Å². The van der Waals surface area contributed by atoms with E-state index >= 15 is 0 Å². The molecule has 0 saturated carbocycles. The van der Waals surface area contributed by atoms with E-state index in [0.29, 0.717) is 35.7 Å². The molecule has 1 N–H and O–H groups in total. The molecule has 1 aromatic carbocycles. The van der Waals surface area contributed by atoms with E-state index in [-0.39, 0.29) is 23.4 Å². The zero-order valence-electron chi connectivity index (χ0n) is 26.3. The van der Waals surface area contributed by atoms with Crippen molar-refractivity contribution in [2.45, 2.75) is 99.2 Å². The fourth-order valence-electron chi connectivity index (χ4n) is 4.17. The van der Waals surface area contributed by atoms with Crippen LogP contribution in [0.15, 0.2) is 78.4 Å². The summed E-state index contributed by atoms with van der Waals surface area (Å²) in [7, 11) is 0. The minimum atomic E-state index is -0.361. The maximum Gasteiger partial charge on any atom is 0.130 e.